The number of rotatable bonds is 6. The number of carboxylic acid groups (broad SMARTS) is 1. The molecule has 1 aromatic heterocycles. The SMILES string of the molecule is CN1CCc2c(cc(Nc3ncc(C(F)(F)F)c(N4CC(C)(CC(=O)O)c5cc(F)c(F)cc54)n3)cc2C2CCC2)C1. The van der Waals surface area contributed by atoms with E-state index >= 15 is 0 Å². The van der Waals surface area contributed by atoms with Crippen LogP contribution in [0.2, 0.25) is 0 Å². The van der Waals surface area contributed by atoms with E-state index in [1.807, 2.05) is 19.2 Å². The van der Waals surface area contributed by atoms with Gasteiger partial charge in [0.15, 0.2) is 17.5 Å². The first-order valence-electron chi connectivity index (χ1n) is 13.9. The number of carboxylic acids is 1. The molecule has 0 saturated heterocycles. The maximum Gasteiger partial charge on any atom is 0.421 e. The van der Waals surface area contributed by atoms with E-state index in [9.17, 15) is 31.9 Å². The minimum atomic E-state index is -4.87. The molecule has 1 unspecified atom stereocenters. The van der Waals surface area contributed by atoms with E-state index < -0.39 is 47.0 Å². The average molecular weight is 588 g/mol. The van der Waals surface area contributed by atoms with Crippen LogP contribution in [0.15, 0.2) is 30.5 Å². The quantitative estimate of drug-likeness (QED) is 0.312. The van der Waals surface area contributed by atoms with E-state index in [1.165, 1.54) is 18.1 Å². The number of aromatic nitrogens is 2. The molecule has 0 radical (unpaired) electrons. The molecule has 3 aromatic rings. The van der Waals surface area contributed by atoms with Gasteiger partial charge in [-0.1, -0.05) is 13.3 Å². The monoisotopic (exact) mass is 587 g/mol. The van der Waals surface area contributed by atoms with Crippen LogP contribution in [0.5, 0.6) is 0 Å². The lowest BCUT2D eigenvalue weighted by Crippen LogP contribution is -2.32. The molecule has 0 bridgehead atoms. The van der Waals surface area contributed by atoms with Crippen LogP contribution in [0.1, 0.15) is 66.3 Å². The highest BCUT2D eigenvalue weighted by atomic mass is 19.4. The van der Waals surface area contributed by atoms with Gasteiger partial charge in [0.25, 0.3) is 0 Å². The number of carbonyl (C=O) groups is 1. The Morgan fingerprint density at radius 1 is 1.17 bits per heavy atom. The van der Waals surface area contributed by atoms with Crippen molar-refractivity contribution in [1.82, 2.24) is 14.9 Å². The number of halogens is 5. The molecule has 0 spiro atoms. The Morgan fingerprint density at radius 3 is 2.57 bits per heavy atom. The Bertz CT molecular complexity index is 1570. The van der Waals surface area contributed by atoms with Crippen molar-refractivity contribution in [3.8, 4) is 0 Å². The van der Waals surface area contributed by atoms with Crippen molar-refractivity contribution < 1.29 is 31.9 Å². The summed E-state index contributed by atoms with van der Waals surface area (Å²) in [5, 5.41) is 12.6. The summed E-state index contributed by atoms with van der Waals surface area (Å²) < 4.78 is 71.4. The van der Waals surface area contributed by atoms with Crippen LogP contribution in [0.3, 0.4) is 0 Å². The summed E-state index contributed by atoms with van der Waals surface area (Å²) in [6, 6.07) is 5.65. The van der Waals surface area contributed by atoms with Crippen molar-refractivity contribution in [2.75, 3.05) is 30.4 Å². The van der Waals surface area contributed by atoms with Crippen LogP contribution in [0.4, 0.5) is 45.1 Å². The fraction of sp³-hybridized carbons (Fsp3) is 0.433. The lowest BCUT2D eigenvalue weighted by atomic mass is 9.76. The molecule has 7 nitrogen and oxygen atoms in total. The predicted octanol–water partition coefficient (Wildman–Crippen LogP) is 6.66. The molecule has 6 rings (SSSR count). The molecule has 2 aliphatic heterocycles. The van der Waals surface area contributed by atoms with E-state index in [-0.39, 0.29) is 23.7 Å². The number of aliphatic carboxylic acids is 1. The predicted molar refractivity (Wildman–Crippen MR) is 146 cm³/mol. The summed E-state index contributed by atoms with van der Waals surface area (Å²) in [6.07, 6.45) is -0.444. The summed E-state index contributed by atoms with van der Waals surface area (Å²) in [6.45, 7) is 2.91. The molecular formula is C30H30F5N5O2. The van der Waals surface area contributed by atoms with E-state index in [0.29, 0.717) is 17.8 Å². The van der Waals surface area contributed by atoms with Gasteiger partial charge in [-0.2, -0.15) is 18.2 Å². The number of likely N-dealkylation sites (N-methyl/N-ethyl adjacent to an activating group) is 1. The number of nitrogens with zero attached hydrogens (tertiary/aromatic N) is 4. The summed E-state index contributed by atoms with van der Waals surface area (Å²) >= 11 is 0. The first kappa shape index (κ1) is 28.3. The molecule has 1 aliphatic carbocycles. The summed E-state index contributed by atoms with van der Waals surface area (Å²) in [4.78, 5) is 23.2. The second kappa shape index (κ2) is 10.2. The van der Waals surface area contributed by atoms with Crippen LogP contribution in [0.25, 0.3) is 0 Å². The number of alkyl halides is 3. The number of hydrogen-bond acceptors (Lipinski definition) is 6. The summed E-state index contributed by atoms with van der Waals surface area (Å²) in [5.41, 5.74) is 1.92. The lowest BCUT2D eigenvalue weighted by molar-refractivity contribution is -0.139. The van der Waals surface area contributed by atoms with Crippen molar-refractivity contribution in [2.24, 2.45) is 0 Å². The van der Waals surface area contributed by atoms with Gasteiger partial charge in [0.05, 0.1) is 6.42 Å². The van der Waals surface area contributed by atoms with Gasteiger partial charge in [-0.3, -0.25) is 4.79 Å². The van der Waals surface area contributed by atoms with Crippen LogP contribution in [0, 0.1) is 11.6 Å². The third-order valence-corrected chi connectivity index (χ3v) is 8.72. The maximum absolute atomic E-state index is 14.4. The molecule has 12 heteroatoms. The molecule has 1 fully saturated rings. The second-order valence-electron chi connectivity index (χ2n) is 11.9. The molecule has 1 saturated carbocycles. The Morgan fingerprint density at radius 2 is 1.90 bits per heavy atom. The van der Waals surface area contributed by atoms with Gasteiger partial charge in [0.1, 0.15) is 5.56 Å². The summed E-state index contributed by atoms with van der Waals surface area (Å²) in [7, 11) is 2.04. The van der Waals surface area contributed by atoms with Crippen molar-refractivity contribution in [3.05, 3.63) is 69.9 Å². The molecule has 222 valence electrons. The van der Waals surface area contributed by atoms with Gasteiger partial charge < -0.3 is 20.2 Å². The van der Waals surface area contributed by atoms with Gasteiger partial charge in [-0.25, -0.2) is 13.8 Å². The molecule has 3 aliphatic rings. The number of benzene rings is 2. The van der Waals surface area contributed by atoms with Crippen molar-refractivity contribution in [3.63, 3.8) is 0 Å². The minimum absolute atomic E-state index is 0.0723. The van der Waals surface area contributed by atoms with E-state index in [0.717, 1.165) is 61.4 Å². The molecule has 1 atom stereocenters. The average Bonchev–Trinajstić information content (AvgIpc) is 3.12. The van der Waals surface area contributed by atoms with E-state index in [2.05, 4.69) is 20.2 Å². The van der Waals surface area contributed by atoms with Gasteiger partial charge in [-0.15, -0.1) is 0 Å². The highest BCUT2D eigenvalue weighted by molar-refractivity contribution is 5.77. The van der Waals surface area contributed by atoms with Crippen molar-refractivity contribution in [2.45, 2.75) is 63.1 Å². The zero-order chi connectivity index (χ0) is 30.0. The standard InChI is InChI=1S/C30H30F5N5O2/c1-29(12-26(41)42)15-40(25-11-24(32)23(31)10-21(25)29)27-22(30(33,34)35)13-36-28(38-27)37-18-8-17-14-39(2)7-6-19(17)20(9-18)16-4-3-5-16/h8-11,13,16H,3-7,12,14-15H2,1-2H3,(H,41,42)(H,36,37,38). The molecule has 2 N–H and O–H groups in total. The second-order valence-corrected chi connectivity index (χ2v) is 11.9. The Kier molecular flexibility index (Phi) is 6.87. The number of anilines is 4. The Balaban J connectivity index is 1.43. The fourth-order valence-corrected chi connectivity index (χ4v) is 6.43. The molecule has 3 heterocycles. The number of hydrogen-bond donors (Lipinski definition) is 2. The Labute approximate surface area is 239 Å². The zero-order valence-electron chi connectivity index (χ0n) is 23.2. The minimum Gasteiger partial charge on any atom is -0.481 e. The Hall–Kier alpha value is -3.80. The molecule has 42 heavy (non-hydrogen) atoms. The highest BCUT2D eigenvalue weighted by Crippen LogP contribution is 2.49. The third-order valence-electron chi connectivity index (χ3n) is 8.72. The maximum atomic E-state index is 14.4. The normalized spacial score (nSPS) is 20.7. The third kappa shape index (κ3) is 5.05. The van der Waals surface area contributed by atoms with E-state index in [1.54, 1.807) is 0 Å². The van der Waals surface area contributed by atoms with Crippen LogP contribution < -0.4 is 10.2 Å². The largest absolute Gasteiger partial charge is 0.481 e. The van der Waals surface area contributed by atoms with Crippen LogP contribution in [-0.4, -0.2) is 46.1 Å². The van der Waals surface area contributed by atoms with Crippen molar-refractivity contribution >= 4 is 29.1 Å². The number of fused-ring (bicyclic) bond motifs is 2. The van der Waals surface area contributed by atoms with Crippen LogP contribution in [-0.2, 0) is 29.4 Å². The topological polar surface area (TPSA) is 81.6 Å². The van der Waals surface area contributed by atoms with E-state index in [4.69, 9.17) is 0 Å². The van der Waals surface area contributed by atoms with Gasteiger partial charge >= 0.3 is 12.1 Å². The highest BCUT2D eigenvalue weighted by Gasteiger charge is 2.46. The van der Waals surface area contributed by atoms with Gasteiger partial charge in [-0.05, 0) is 72.7 Å². The van der Waals surface area contributed by atoms with Gasteiger partial charge in [0, 0.05) is 48.7 Å². The fourth-order valence-electron chi connectivity index (χ4n) is 6.43. The molecule has 2 aromatic carbocycles. The smallest absolute Gasteiger partial charge is 0.421 e. The lowest BCUT2D eigenvalue weighted by Gasteiger charge is -2.33. The first-order chi connectivity index (χ1) is 19.8. The number of nitrogens with one attached hydrogen (secondary N) is 1. The zero-order valence-corrected chi connectivity index (χ0v) is 23.2. The summed E-state index contributed by atoms with van der Waals surface area (Å²) in [5.74, 6) is -3.93. The first-order valence-corrected chi connectivity index (χ1v) is 13.9. The van der Waals surface area contributed by atoms with Crippen LogP contribution >= 0.6 is 0 Å². The molecular weight excluding hydrogens is 557 g/mol. The molecule has 0 amide bonds. The van der Waals surface area contributed by atoms with Gasteiger partial charge in [0.2, 0.25) is 5.95 Å². The van der Waals surface area contributed by atoms with Crippen molar-refractivity contribution in [1.29, 1.82) is 0 Å².